The van der Waals surface area contributed by atoms with Gasteiger partial charge < -0.3 is 13.4 Å². The van der Waals surface area contributed by atoms with Crippen molar-refractivity contribution in [3.63, 3.8) is 0 Å². The molecule has 0 aliphatic carbocycles. The lowest BCUT2D eigenvalue weighted by atomic mass is 10.2. The Morgan fingerprint density at radius 2 is 1.39 bits per heavy atom. The molecule has 0 spiro atoms. The summed E-state index contributed by atoms with van der Waals surface area (Å²) < 4.78 is 17.3. The van der Waals surface area contributed by atoms with E-state index in [1.54, 1.807) is 23.1 Å². The van der Waals surface area contributed by atoms with E-state index in [1.165, 1.54) is 10.2 Å². The van der Waals surface area contributed by atoms with Gasteiger partial charge in [0, 0.05) is 22.4 Å². The molecule has 0 bridgehead atoms. The van der Waals surface area contributed by atoms with Gasteiger partial charge in [0.15, 0.2) is 22.3 Å². The van der Waals surface area contributed by atoms with Gasteiger partial charge in [-0.25, -0.2) is 9.97 Å². The van der Waals surface area contributed by atoms with E-state index >= 15 is 0 Å². The van der Waals surface area contributed by atoms with Crippen molar-refractivity contribution < 1.29 is 8.83 Å². The lowest BCUT2D eigenvalue weighted by Gasteiger charge is -2.14. The van der Waals surface area contributed by atoms with Crippen LogP contribution in [0.5, 0.6) is 0 Å². The summed E-state index contributed by atoms with van der Waals surface area (Å²) in [6, 6.07) is 28.6. The maximum absolute atomic E-state index is 6.95. The number of hydrogen-bond donors (Lipinski definition) is 0. The van der Waals surface area contributed by atoms with Crippen LogP contribution in [0.1, 0.15) is 6.92 Å². The Kier molecular flexibility index (Phi) is 5.90. The van der Waals surface area contributed by atoms with Crippen LogP contribution in [-0.4, -0.2) is 14.5 Å². The van der Waals surface area contributed by atoms with E-state index in [-0.39, 0.29) is 0 Å². The fourth-order valence-corrected chi connectivity index (χ4v) is 7.67. The smallest absolute Gasteiger partial charge is 0.175 e. The summed E-state index contributed by atoms with van der Waals surface area (Å²) in [4.78, 5) is 11.9. The van der Waals surface area contributed by atoms with Crippen molar-refractivity contribution in [2.75, 3.05) is 0 Å². The number of hydrogen-bond acceptors (Lipinski definition) is 6. The lowest BCUT2D eigenvalue weighted by molar-refractivity contribution is 0.648. The maximum atomic E-state index is 6.95. The molecule has 0 N–H and O–H groups in total. The number of aryl methyl sites for hydroxylation is 1. The van der Waals surface area contributed by atoms with Crippen LogP contribution in [-0.2, 0) is 6.54 Å². The quantitative estimate of drug-likeness (QED) is 0.186. The Morgan fingerprint density at radius 1 is 0.707 bits per heavy atom. The normalized spacial score (nSPS) is 12.0. The predicted octanol–water partition coefficient (Wildman–Crippen LogP) is 11.0. The molecule has 8 rings (SSSR count). The number of fused-ring (bicyclic) bond motifs is 6. The molecule has 0 aliphatic heterocycles. The van der Waals surface area contributed by atoms with E-state index < -0.39 is 0 Å². The fraction of sp³-hybridized carbons (Fsp3) is 0.0625. The molecule has 8 aromatic rings. The first-order chi connectivity index (χ1) is 20.1. The Morgan fingerprint density at radius 3 is 2.15 bits per heavy atom. The van der Waals surface area contributed by atoms with Gasteiger partial charge in [0.25, 0.3) is 0 Å². The zero-order valence-electron chi connectivity index (χ0n) is 21.5. The summed E-state index contributed by atoms with van der Waals surface area (Å²) >= 11 is 17.2. The van der Waals surface area contributed by atoms with Crippen molar-refractivity contribution in [2.45, 2.75) is 23.3 Å². The first-order valence-corrected chi connectivity index (χ1v) is 15.4. The van der Waals surface area contributed by atoms with Crippen LogP contribution in [0, 0.1) is 0 Å². The van der Waals surface area contributed by atoms with Gasteiger partial charge in [0.05, 0.1) is 20.4 Å². The van der Waals surface area contributed by atoms with Crippen molar-refractivity contribution >= 4 is 111 Å². The molecule has 9 heteroatoms. The van der Waals surface area contributed by atoms with Gasteiger partial charge in [-0.3, -0.25) is 0 Å². The van der Waals surface area contributed by atoms with Gasteiger partial charge in [-0.1, -0.05) is 65.3 Å². The first kappa shape index (κ1) is 25.0. The number of aromatic nitrogens is 3. The molecule has 0 unspecified atom stereocenters. The molecular formula is C32H19Cl2N3O2S2. The van der Waals surface area contributed by atoms with Crippen molar-refractivity contribution in [3.05, 3.63) is 95.0 Å². The van der Waals surface area contributed by atoms with Crippen LogP contribution in [0.4, 0.5) is 0 Å². The molecule has 0 aliphatic rings. The lowest BCUT2D eigenvalue weighted by Crippen LogP contribution is -1.99. The molecule has 3 heterocycles. The molecule has 41 heavy (non-hydrogen) atoms. The minimum absolute atomic E-state index is 0.311. The van der Waals surface area contributed by atoms with Gasteiger partial charge in [-0.2, -0.15) is 0 Å². The van der Waals surface area contributed by atoms with Crippen LogP contribution < -0.4 is 0 Å². The monoisotopic (exact) mass is 611 g/mol. The van der Waals surface area contributed by atoms with Crippen LogP contribution in [0.3, 0.4) is 0 Å². The Bertz CT molecular complexity index is 2370. The standard InChI is InChI=1S/C32H19Cl2N3O2S2/c1-2-37-21-10-6-7-11-25(21)41-26-16-24-20(15-22(26)37)36-30-28(34)31-29(27(33)32(30)39-24)35-19-13-12-18(14-23(19)38-31)40-17-8-4-3-5-9-17/h3-16H,2H2,1H3. The van der Waals surface area contributed by atoms with Gasteiger partial charge in [-0.15, -0.1) is 11.3 Å². The van der Waals surface area contributed by atoms with E-state index in [9.17, 15) is 0 Å². The SMILES string of the molecule is CCn1c2ccccc2sc2cc3oc4c(Cl)c5nc6ccc(Sc7ccccc7)cc6oc5c(Cl)c4nc3cc21. The fourth-order valence-electron chi connectivity index (χ4n) is 5.18. The molecule has 3 aromatic heterocycles. The second kappa shape index (κ2) is 9.67. The highest BCUT2D eigenvalue weighted by Gasteiger charge is 2.21. The zero-order chi connectivity index (χ0) is 27.7. The summed E-state index contributed by atoms with van der Waals surface area (Å²) in [5, 5.41) is 0.624. The second-order valence-corrected chi connectivity index (χ2v) is 12.5. The first-order valence-electron chi connectivity index (χ1n) is 13.0. The molecule has 5 nitrogen and oxygen atoms in total. The highest BCUT2D eigenvalue weighted by Crippen LogP contribution is 2.41. The van der Waals surface area contributed by atoms with Crippen LogP contribution in [0.15, 0.2) is 104 Å². The molecule has 200 valence electrons. The maximum Gasteiger partial charge on any atom is 0.175 e. The van der Waals surface area contributed by atoms with E-state index in [1.807, 2.05) is 42.5 Å². The third-order valence-electron chi connectivity index (χ3n) is 7.07. The van der Waals surface area contributed by atoms with Gasteiger partial charge in [0.1, 0.15) is 32.1 Å². The second-order valence-electron chi connectivity index (χ2n) is 9.56. The molecule has 0 fully saturated rings. The third kappa shape index (κ3) is 4.07. The van der Waals surface area contributed by atoms with E-state index in [4.69, 9.17) is 42.0 Å². The Labute approximate surface area is 251 Å². The molecule has 0 amide bonds. The highest BCUT2D eigenvalue weighted by molar-refractivity contribution is 7.99. The molecular weight excluding hydrogens is 593 g/mol. The van der Waals surface area contributed by atoms with Crippen molar-refractivity contribution in [2.24, 2.45) is 0 Å². The minimum atomic E-state index is 0.311. The third-order valence-corrected chi connectivity index (χ3v) is 9.88. The van der Waals surface area contributed by atoms with Crippen molar-refractivity contribution in [1.29, 1.82) is 0 Å². The zero-order valence-corrected chi connectivity index (χ0v) is 24.7. The molecule has 0 atom stereocenters. The Balaban J connectivity index is 1.36. The summed E-state index contributed by atoms with van der Waals surface area (Å²) in [5.74, 6) is 0. The highest BCUT2D eigenvalue weighted by atomic mass is 35.5. The average molecular weight is 613 g/mol. The summed E-state index contributed by atoms with van der Waals surface area (Å²) in [7, 11) is 0. The van der Waals surface area contributed by atoms with E-state index in [0.29, 0.717) is 54.4 Å². The Hall–Kier alpha value is -3.75. The molecule has 0 saturated heterocycles. The molecule has 5 aromatic carbocycles. The summed E-state index contributed by atoms with van der Waals surface area (Å²) in [6.45, 7) is 2.96. The summed E-state index contributed by atoms with van der Waals surface area (Å²) in [6.07, 6.45) is 0. The number of rotatable bonds is 3. The number of para-hydroxylation sites is 1. The topological polar surface area (TPSA) is 57.0 Å². The van der Waals surface area contributed by atoms with Crippen molar-refractivity contribution in [1.82, 2.24) is 14.5 Å². The number of halogens is 2. The average Bonchev–Trinajstić information content (AvgIpc) is 3.00. The molecule has 0 saturated carbocycles. The van der Waals surface area contributed by atoms with Gasteiger partial charge in [-0.05, 0) is 55.5 Å². The predicted molar refractivity (Wildman–Crippen MR) is 171 cm³/mol. The van der Waals surface area contributed by atoms with Gasteiger partial charge in [0.2, 0.25) is 0 Å². The number of nitrogens with zero attached hydrogens (tertiary/aromatic N) is 3. The number of benzene rings is 5. The van der Waals surface area contributed by atoms with Crippen LogP contribution in [0.25, 0.3) is 64.8 Å². The van der Waals surface area contributed by atoms with Crippen LogP contribution in [0.2, 0.25) is 10.0 Å². The summed E-state index contributed by atoms with van der Waals surface area (Å²) in [5.41, 5.74) is 6.46. The minimum Gasteiger partial charge on any atom is -0.451 e. The van der Waals surface area contributed by atoms with E-state index in [0.717, 1.165) is 26.6 Å². The van der Waals surface area contributed by atoms with Gasteiger partial charge >= 0.3 is 0 Å². The largest absolute Gasteiger partial charge is 0.451 e. The van der Waals surface area contributed by atoms with Crippen molar-refractivity contribution in [3.8, 4) is 0 Å². The van der Waals surface area contributed by atoms with E-state index in [2.05, 4.69) is 54.0 Å². The van der Waals surface area contributed by atoms with Crippen LogP contribution >= 0.6 is 46.3 Å². The molecule has 0 radical (unpaired) electrons.